The van der Waals surface area contributed by atoms with Gasteiger partial charge in [0.15, 0.2) is 6.10 Å². The Hall–Kier alpha value is -2.92. The Morgan fingerprint density at radius 3 is 1.11 bits per heavy atom. The number of rotatable bonds is 51. The van der Waals surface area contributed by atoms with Crippen LogP contribution in [0.15, 0.2) is 85.1 Å². The maximum Gasteiger partial charge on any atom is 0.306 e. The molecule has 380 valence electrons. The van der Waals surface area contributed by atoms with Crippen LogP contribution in [0, 0.1) is 0 Å². The monoisotopic (exact) mass is 919 g/mol. The van der Waals surface area contributed by atoms with Crippen molar-refractivity contribution in [2.45, 2.75) is 271 Å². The lowest BCUT2D eigenvalue weighted by atomic mass is 10.0. The molecule has 0 heterocycles. The van der Waals surface area contributed by atoms with Gasteiger partial charge in [-0.1, -0.05) is 247 Å². The first-order valence-electron chi connectivity index (χ1n) is 28.1. The molecule has 5 heteroatoms. The van der Waals surface area contributed by atoms with Crippen LogP contribution in [-0.4, -0.2) is 37.9 Å². The summed E-state index contributed by atoms with van der Waals surface area (Å²) >= 11 is 0. The summed E-state index contributed by atoms with van der Waals surface area (Å²) < 4.78 is 17.4. The van der Waals surface area contributed by atoms with Crippen LogP contribution in [0.5, 0.6) is 0 Å². The SMILES string of the molecule is CC/C=C\C/C=C\C/C=C\C/C=C\C/C=C\C/C=C\CCCOCC(COC(=O)CCCCCCCCC/C=C\CCCCCCCC)OC(=O)CCCCCCCCCCCCCCC. The number of carbonyl (C=O) groups is 2. The highest BCUT2D eigenvalue weighted by Gasteiger charge is 2.17. The molecule has 0 aliphatic rings. The minimum Gasteiger partial charge on any atom is -0.462 e. The van der Waals surface area contributed by atoms with E-state index in [2.05, 4.69) is 106 Å². The Kier molecular flexibility index (Phi) is 53.9. The van der Waals surface area contributed by atoms with Crippen LogP contribution in [0.25, 0.3) is 0 Å². The van der Waals surface area contributed by atoms with Crippen LogP contribution in [0.1, 0.15) is 265 Å². The van der Waals surface area contributed by atoms with Gasteiger partial charge in [0.1, 0.15) is 6.61 Å². The topological polar surface area (TPSA) is 61.8 Å². The third kappa shape index (κ3) is 53.7. The summed E-state index contributed by atoms with van der Waals surface area (Å²) in [4.78, 5) is 25.5. The minimum absolute atomic E-state index is 0.0593. The van der Waals surface area contributed by atoms with Crippen molar-refractivity contribution in [3.05, 3.63) is 85.1 Å². The molecule has 0 saturated carbocycles. The lowest BCUT2D eigenvalue weighted by Gasteiger charge is -2.18. The molecule has 0 aromatic rings. The van der Waals surface area contributed by atoms with Gasteiger partial charge in [0.05, 0.1) is 6.61 Å². The molecule has 0 aliphatic heterocycles. The van der Waals surface area contributed by atoms with E-state index in [-0.39, 0.29) is 25.2 Å². The first-order chi connectivity index (χ1) is 32.6. The highest BCUT2D eigenvalue weighted by Crippen LogP contribution is 2.15. The number of hydrogen-bond acceptors (Lipinski definition) is 5. The van der Waals surface area contributed by atoms with Crippen molar-refractivity contribution in [1.29, 1.82) is 0 Å². The van der Waals surface area contributed by atoms with Gasteiger partial charge in [-0.15, -0.1) is 0 Å². The quantitative estimate of drug-likeness (QED) is 0.0346. The van der Waals surface area contributed by atoms with Gasteiger partial charge in [-0.25, -0.2) is 0 Å². The second kappa shape index (κ2) is 56.4. The van der Waals surface area contributed by atoms with Crippen LogP contribution in [-0.2, 0) is 23.8 Å². The van der Waals surface area contributed by atoms with E-state index in [1.54, 1.807) is 0 Å². The molecular formula is C61H106O5. The summed E-state index contributed by atoms with van der Waals surface area (Å²) in [5.41, 5.74) is 0. The Morgan fingerprint density at radius 1 is 0.348 bits per heavy atom. The number of ether oxygens (including phenoxy) is 3. The third-order valence-corrected chi connectivity index (χ3v) is 11.9. The van der Waals surface area contributed by atoms with Gasteiger partial charge in [-0.05, 0) is 89.9 Å². The maximum atomic E-state index is 12.8. The van der Waals surface area contributed by atoms with Crippen LogP contribution < -0.4 is 0 Å². The van der Waals surface area contributed by atoms with E-state index in [4.69, 9.17) is 14.2 Å². The first kappa shape index (κ1) is 63.1. The molecule has 66 heavy (non-hydrogen) atoms. The first-order valence-corrected chi connectivity index (χ1v) is 28.1. The normalized spacial score (nSPS) is 12.8. The average molecular weight is 920 g/mol. The second-order valence-corrected chi connectivity index (χ2v) is 18.5. The molecule has 0 fully saturated rings. The molecular weight excluding hydrogens is 813 g/mol. The van der Waals surface area contributed by atoms with Crippen LogP contribution in [0.2, 0.25) is 0 Å². The fourth-order valence-electron chi connectivity index (χ4n) is 7.76. The fraction of sp³-hybridized carbons (Fsp3) is 0.738. The van der Waals surface area contributed by atoms with E-state index < -0.39 is 6.10 Å². The van der Waals surface area contributed by atoms with E-state index in [1.807, 2.05) is 0 Å². The van der Waals surface area contributed by atoms with Crippen molar-refractivity contribution in [3.63, 3.8) is 0 Å². The molecule has 0 aliphatic carbocycles. The van der Waals surface area contributed by atoms with Gasteiger partial charge in [-0.2, -0.15) is 0 Å². The second-order valence-electron chi connectivity index (χ2n) is 18.5. The van der Waals surface area contributed by atoms with Gasteiger partial charge in [0, 0.05) is 19.4 Å². The molecule has 0 aromatic heterocycles. The highest BCUT2D eigenvalue weighted by molar-refractivity contribution is 5.70. The Balaban J connectivity index is 4.36. The number of hydrogen-bond donors (Lipinski definition) is 0. The van der Waals surface area contributed by atoms with Crippen LogP contribution >= 0.6 is 0 Å². The fourth-order valence-corrected chi connectivity index (χ4v) is 7.76. The van der Waals surface area contributed by atoms with Crippen molar-refractivity contribution in [3.8, 4) is 0 Å². The molecule has 1 atom stereocenters. The Labute approximate surface area is 409 Å². The van der Waals surface area contributed by atoms with E-state index in [0.717, 1.165) is 83.5 Å². The average Bonchev–Trinajstić information content (AvgIpc) is 3.32. The van der Waals surface area contributed by atoms with Crippen LogP contribution in [0.3, 0.4) is 0 Å². The van der Waals surface area contributed by atoms with E-state index in [1.165, 1.54) is 148 Å². The Morgan fingerprint density at radius 2 is 0.682 bits per heavy atom. The van der Waals surface area contributed by atoms with Gasteiger partial charge in [0.25, 0.3) is 0 Å². The zero-order valence-electron chi connectivity index (χ0n) is 43.7. The molecule has 0 radical (unpaired) electrons. The number of unbranched alkanes of at least 4 members (excludes halogenated alkanes) is 26. The summed E-state index contributed by atoms with van der Waals surface area (Å²) in [5.74, 6) is -0.428. The number of esters is 2. The molecule has 0 bridgehead atoms. The molecule has 0 N–H and O–H groups in total. The predicted octanol–water partition coefficient (Wildman–Crippen LogP) is 19.2. The smallest absolute Gasteiger partial charge is 0.306 e. The molecule has 5 nitrogen and oxygen atoms in total. The van der Waals surface area contributed by atoms with Crippen molar-refractivity contribution >= 4 is 11.9 Å². The summed E-state index contributed by atoms with van der Waals surface area (Å²) in [7, 11) is 0. The van der Waals surface area contributed by atoms with Gasteiger partial charge < -0.3 is 14.2 Å². The van der Waals surface area contributed by atoms with Crippen molar-refractivity contribution in [2.24, 2.45) is 0 Å². The van der Waals surface area contributed by atoms with Gasteiger partial charge in [0.2, 0.25) is 0 Å². The maximum absolute atomic E-state index is 12.8. The molecule has 0 amide bonds. The standard InChI is InChI=1S/C61H106O5/c1-4-7-10-13-16-19-22-25-27-29-30-31-33-35-38-41-44-47-50-53-56-64-57-59(66-61(63)55-52-49-46-43-40-36-24-21-18-15-12-9-6-3)58-65-60(62)54-51-48-45-42-39-37-34-32-28-26-23-20-17-14-11-8-5-2/h7,10,16,19,25-28,30-31,35,38,44,47,59H,4-6,8-9,11-15,17-18,20-24,29,32-34,36-37,39-43,45-46,48-58H2,1-3H3/b10-7-,19-16-,27-25-,28-26-,31-30-,38-35-,47-44-. The zero-order valence-corrected chi connectivity index (χ0v) is 43.7. The zero-order chi connectivity index (χ0) is 47.7. The van der Waals surface area contributed by atoms with E-state index in [9.17, 15) is 9.59 Å². The molecule has 1 unspecified atom stereocenters. The van der Waals surface area contributed by atoms with Gasteiger partial charge >= 0.3 is 11.9 Å². The van der Waals surface area contributed by atoms with Crippen LogP contribution in [0.4, 0.5) is 0 Å². The number of allylic oxidation sites excluding steroid dienone is 14. The summed E-state index contributed by atoms with van der Waals surface area (Å²) in [6, 6.07) is 0. The molecule has 0 saturated heterocycles. The number of carbonyl (C=O) groups excluding carboxylic acids is 2. The molecule has 0 spiro atoms. The molecule has 0 rings (SSSR count). The summed E-state index contributed by atoms with van der Waals surface area (Å²) in [6.45, 7) is 7.59. The summed E-state index contributed by atoms with van der Waals surface area (Å²) in [5, 5.41) is 0. The lowest BCUT2D eigenvalue weighted by Crippen LogP contribution is -2.30. The predicted molar refractivity (Wildman–Crippen MR) is 288 cm³/mol. The minimum atomic E-state index is -0.570. The summed E-state index contributed by atoms with van der Waals surface area (Å²) in [6.07, 6.45) is 74.7. The van der Waals surface area contributed by atoms with Crippen molar-refractivity contribution < 1.29 is 23.8 Å². The van der Waals surface area contributed by atoms with Crippen molar-refractivity contribution in [2.75, 3.05) is 19.8 Å². The largest absolute Gasteiger partial charge is 0.462 e. The van der Waals surface area contributed by atoms with E-state index in [0.29, 0.717) is 19.4 Å². The third-order valence-electron chi connectivity index (χ3n) is 11.9. The van der Waals surface area contributed by atoms with E-state index >= 15 is 0 Å². The highest BCUT2D eigenvalue weighted by atomic mass is 16.6. The Bertz CT molecular complexity index is 1220. The van der Waals surface area contributed by atoms with Crippen molar-refractivity contribution in [1.82, 2.24) is 0 Å². The van der Waals surface area contributed by atoms with Gasteiger partial charge in [-0.3, -0.25) is 9.59 Å². The molecule has 0 aromatic carbocycles. The lowest BCUT2D eigenvalue weighted by molar-refractivity contribution is -0.163.